The van der Waals surface area contributed by atoms with Crippen molar-refractivity contribution < 1.29 is 31.5 Å². The fourth-order valence-corrected chi connectivity index (χ4v) is 12.9. The van der Waals surface area contributed by atoms with Crippen LogP contribution in [0.15, 0.2) is 60.0 Å². The van der Waals surface area contributed by atoms with E-state index in [1.807, 2.05) is 0 Å². The van der Waals surface area contributed by atoms with E-state index in [1.165, 1.54) is 35.7 Å². The number of nitrogens with one attached hydrogen (secondary N) is 1. The van der Waals surface area contributed by atoms with Gasteiger partial charge < -0.3 is 29.7 Å². The first-order valence-electron chi connectivity index (χ1n) is 20.4. The lowest BCUT2D eigenvalue weighted by Gasteiger charge is -2.54. The summed E-state index contributed by atoms with van der Waals surface area (Å²) in [5, 5.41) is 13.6. The van der Waals surface area contributed by atoms with E-state index in [0.29, 0.717) is 32.6 Å². The topological polar surface area (TPSA) is 130 Å². The zero-order valence-corrected chi connectivity index (χ0v) is 33.4. The van der Waals surface area contributed by atoms with Crippen LogP contribution in [0.25, 0.3) is 0 Å². The number of hydrogen-bond acceptors (Lipinski definition) is 9. The second-order valence-electron chi connectivity index (χ2n) is 17.2. The minimum Gasteiger partial charge on any atom is -0.453 e. The average Bonchev–Trinajstić information content (AvgIpc) is 3.94. The number of anilines is 1. The van der Waals surface area contributed by atoms with Crippen molar-refractivity contribution in [3.8, 4) is 6.07 Å². The molecular weight excluding hydrogens is 753 g/mol. The van der Waals surface area contributed by atoms with Crippen molar-refractivity contribution in [3.05, 3.63) is 72.3 Å². The van der Waals surface area contributed by atoms with Crippen molar-refractivity contribution >= 4 is 27.7 Å². The minimum atomic E-state index is -3.97. The third-order valence-electron chi connectivity index (χ3n) is 14.0. The van der Waals surface area contributed by atoms with Gasteiger partial charge >= 0.3 is 6.09 Å². The van der Waals surface area contributed by atoms with Gasteiger partial charge in [0.2, 0.25) is 15.9 Å². The summed E-state index contributed by atoms with van der Waals surface area (Å²) < 4.78 is 64.3. The Morgan fingerprint density at radius 1 is 1.02 bits per heavy atom. The van der Waals surface area contributed by atoms with Gasteiger partial charge in [0.1, 0.15) is 17.0 Å². The molecule has 6 aliphatic rings. The Kier molecular flexibility index (Phi) is 10.9. The standard InChI is InChI=1S/C42H53F2N7O5S/c1-3-39(52)50-22-33-20-32(50)23-51(33)57(54,55)34-11-12-38(36(44)21-34)49-26-41(24-45,27-49)25-48-17-13-29(14-18-48)42(28-47-15-6-16-47,30-7-4-8-31(43)19-30)35-9-5-10-37(35)46-40(53)56-2/h3-4,7-8,11-12,19,21,29,32-33,35,37H,1,5-6,9-10,13-18,20,22-23,25-28H2,2H3,(H,46,53)/t32-,33-,35-,37-,42?/m0/s1. The van der Waals surface area contributed by atoms with Crippen LogP contribution in [0.5, 0.6) is 0 Å². The van der Waals surface area contributed by atoms with E-state index < -0.39 is 32.8 Å². The van der Waals surface area contributed by atoms with Gasteiger partial charge in [-0.05, 0) is 119 Å². The van der Waals surface area contributed by atoms with E-state index in [-0.39, 0.29) is 58.8 Å². The predicted octanol–water partition coefficient (Wildman–Crippen LogP) is 4.33. The molecule has 2 aromatic rings. The molecule has 5 heterocycles. The Morgan fingerprint density at radius 3 is 2.40 bits per heavy atom. The molecule has 57 heavy (non-hydrogen) atoms. The summed E-state index contributed by atoms with van der Waals surface area (Å²) in [6.07, 6.45) is 6.90. The number of rotatable bonds is 12. The smallest absolute Gasteiger partial charge is 0.407 e. The molecule has 1 unspecified atom stereocenters. The largest absolute Gasteiger partial charge is 0.453 e. The predicted molar refractivity (Wildman–Crippen MR) is 210 cm³/mol. The zero-order valence-electron chi connectivity index (χ0n) is 32.6. The number of fused-ring (bicyclic) bond motifs is 2. The van der Waals surface area contributed by atoms with Crippen LogP contribution in [0.4, 0.5) is 19.3 Å². The van der Waals surface area contributed by atoms with Gasteiger partial charge in [-0.15, -0.1) is 0 Å². The highest BCUT2D eigenvalue weighted by Crippen LogP contribution is 2.52. The lowest BCUT2D eigenvalue weighted by molar-refractivity contribution is -0.127. The summed E-state index contributed by atoms with van der Waals surface area (Å²) in [5.74, 6) is -0.822. The van der Waals surface area contributed by atoms with Crippen LogP contribution in [-0.2, 0) is 25.0 Å². The number of piperidine rings is 1. The van der Waals surface area contributed by atoms with Crippen LogP contribution in [0.2, 0.25) is 0 Å². The second-order valence-corrected chi connectivity index (χ2v) is 19.1. The van der Waals surface area contributed by atoms with Gasteiger partial charge in [-0.25, -0.2) is 22.0 Å². The van der Waals surface area contributed by atoms with Crippen LogP contribution >= 0.6 is 0 Å². The third-order valence-corrected chi connectivity index (χ3v) is 16.0. The molecule has 2 bridgehead atoms. The number of likely N-dealkylation sites (tertiary alicyclic amines) is 3. The number of halogens is 2. The van der Waals surface area contributed by atoms with E-state index in [2.05, 4.69) is 33.8 Å². The van der Waals surface area contributed by atoms with Crippen LogP contribution in [0.3, 0.4) is 0 Å². The number of hydrogen-bond donors (Lipinski definition) is 1. The monoisotopic (exact) mass is 805 g/mol. The lowest BCUT2D eigenvalue weighted by atomic mass is 9.57. The maximum atomic E-state index is 15.7. The highest BCUT2D eigenvalue weighted by atomic mass is 32.2. The normalized spacial score (nSPS) is 27.6. The molecule has 5 saturated heterocycles. The minimum absolute atomic E-state index is 0.0898. The fraction of sp³-hybridized carbons (Fsp3) is 0.595. The average molecular weight is 806 g/mol. The van der Waals surface area contributed by atoms with Gasteiger partial charge in [-0.1, -0.05) is 25.1 Å². The number of piperazine rings is 1. The molecule has 8 rings (SSSR count). The molecule has 2 amide bonds. The molecule has 12 nitrogen and oxygen atoms in total. The molecule has 0 spiro atoms. The number of benzene rings is 2. The Morgan fingerprint density at radius 2 is 1.79 bits per heavy atom. The number of ether oxygens (including phenoxy) is 1. The van der Waals surface area contributed by atoms with E-state index >= 15 is 8.78 Å². The number of nitrogens with zero attached hydrogens (tertiary/aromatic N) is 6. The summed E-state index contributed by atoms with van der Waals surface area (Å²) >= 11 is 0. The molecule has 0 aromatic heterocycles. The number of sulfonamides is 1. The lowest BCUT2D eigenvalue weighted by Crippen LogP contribution is -2.62. The number of carbonyl (C=O) groups excluding carboxylic acids is 2. The molecule has 15 heteroatoms. The summed E-state index contributed by atoms with van der Waals surface area (Å²) in [5.41, 5.74) is 0.140. The molecule has 6 fully saturated rings. The summed E-state index contributed by atoms with van der Waals surface area (Å²) in [7, 11) is -2.59. The van der Waals surface area contributed by atoms with Crippen LogP contribution in [-0.4, -0.2) is 130 Å². The number of alkyl carbamates (subject to hydrolysis) is 1. The Bertz CT molecular complexity index is 2030. The summed E-state index contributed by atoms with van der Waals surface area (Å²) in [6, 6.07) is 12.9. The molecule has 306 valence electrons. The Balaban J connectivity index is 0.942. The highest BCUT2D eigenvalue weighted by molar-refractivity contribution is 7.89. The maximum absolute atomic E-state index is 15.7. The number of carbonyl (C=O) groups is 2. The van der Waals surface area contributed by atoms with Gasteiger partial charge in [0, 0.05) is 62.8 Å². The molecule has 1 aliphatic carbocycles. The Hall–Kier alpha value is -4.10. The molecular formula is C42H53F2N7O5S. The van der Waals surface area contributed by atoms with Gasteiger partial charge in [-0.2, -0.15) is 9.57 Å². The quantitative estimate of drug-likeness (QED) is 0.312. The van der Waals surface area contributed by atoms with E-state index in [0.717, 1.165) is 82.9 Å². The second kappa shape index (κ2) is 15.6. The number of methoxy groups -OCH3 is 1. The van der Waals surface area contributed by atoms with Crippen molar-refractivity contribution in [3.63, 3.8) is 0 Å². The van der Waals surface area contributed by atoms with Gasteiger partial charge in [-0.3, -0.25) is 4.79 Å². The highest BCUT2D eigenvalue weighted by Gasteiger charge is 2.54. The van der Waals surface area contributed by atoms with Crippen molar-refractivity contribution in [1.82, 2.24) is 24.3 Å². The summed E-state index contributed by atoms with van der Waals surface area (Å²) in [4.78, 5) is 32.8. The molecule has 1 saturated carbocycles. The number of amides is 2. The number of nitriles is 1. The maximum Gasteiger partial charge on any atom is 0.407 e. The van der Waals surface area contributed by atoms with Crippen LogP contribution < -0.4 is 10.2 Å². The van der Waals surface area contributed by atoms with E-state index in [1.54, 1.807) is 21.9 Å². The van der Waals surface area contributed by atoms with Crippen molar-refractivity contribution in [2.24, 2.45) is 17.3 Å². The van der Waals surface area contributed by atoms with Crippen LogP contribution in [0.1, 0.15) is 50.5 Å². The molecule has 1 N–H and O–H groups in total. The molecule has 0 radical (unpaired) electrons. The van der Waals surface area contributed by atoms with Crippen LogP contribution in [0, 0.1) is 40.2 Å². The first-order chi connectivity index (χ1) is 27.4. The van der Waals surface area contributed by atoms with Gasteiger partial charge in [0.05, 0.1) is 23.8 Å². The van der Waals surface area contributed by atoms with Crippen molar-refractivity contribution in [2.45, 2.75) is 73.4 Å². The van der Waals surface area contributed by atoms with Crippen molar-refractivity contribution in [2.75, 3.05) is 77.5 Å². The SMILES string of the molecule is C=CC(=O)N1C[C@@H]2C[C@H]1CN2S(=O)(=O)c1ccc(N2CC(C#N)(CN3CCC(C(CN4CCC4)(c4cccc(F)c4)[C@H]4CCC[C@@H]4NC(=O)OC)CC3)C2)c(F)c1. The van der Waals surface area contributed by atoms with Gasteiger partial charge in [0.15, 0.2) is 0 Å². The first kappa shape index (κ1) is 39.7. The molecule has 2 aromatic carbocycles. The van der Waals surface area contributed by atoms with Crippen molar-refractivity contribution in [1.29, 1.82) is 5.26 Å². The molecule has 5 aliphatic heterocycles. The van der Waals surface area contributed by atoms with E-state index in [9.17, 15) is 23.3 Å². The zero-order chi connectivity index (χ0) is 40.1. The first-order valence-corrected chi connectivity index (χ1v) is 21.8. The Labute approximate surface area is 334 Å². The molecule has 5 atom stereocenters. The fourth-order valence-electron chi connectivity index (χ4n) is 11.2. The van der Waals surface area contributed by atoms with E-state index in [4.69, 9.17) is 4.74 Å². The van der Waals surface area contributed by atoms with Gasteiger partial charge in [0.25, 0.3) is 0 Å². The third kappa shape index (κ3) is 7.21. The summed E-state index contributed by atoms with van der Waals surface area (Å²) in [6.45, 7) is 9.46.